The fourth-order valence-electron chi connectivity index (χ4n) is 3.30. The molecule has 3 aromatic carbocycles. The van der Waals surface area contributed by atoms with E-state index in [0.29, 0.717) is 26.6 Å². The predicted molar refractivity (Wildman–Crippen MR) is 95.2 cm³/mol. The van der Waals surface area contributed by atoms with Crippen molar-refractivity contribution in [2.75, 3.05) is 0 Å². The highest BCUT2D eigenvalue weighted by atomic mass is 35.5. The third-order valence-electron chi connectivity index (χ3n) is 4.28. The molecule has 0 spiro atoms. The summed E-state index contributed by atoms with van der Waals surface area (Å²) in [5.74, 6) is 0. The number of hydrogen-bond donors (Lipinski definition) is 0. The molecule has 0 unspecified atom stereocenters. The monoisotopic (exact) mass is 338 g/mol. The van der Waals surface area contributed by atoms with Crippen LogP contribution in [0.25, 0.3) is 38.2 Å². The van der Waals surface area contributed by atoms with E-state index in [4.69, 9.17) is 23.2 Å². The standard InChI is InChI=1S/C18H8Cl2N2O/c19-9-4-7-15-14(8-9)21-17-11-5-6-13(20)10-2-1-3-12(16(10)11)18(23)22(15)17/h1-8H. The fourth-order valence-corrected chi connectivity index (χ4v) is 3.68. The molecule has 0 fully saturated rings. The van der Waals surface area contributed by atoms with Gasteiger partial charge in [0.25, 0.3) is 5.56 Å². The molecule has 0 saturated heterocycles. The van der Waals surface area contributed by atoms with Crippen LogP contribution in [0.5, 0.6) is 0 Å². The van der Waals surface area contributed by atoms with Gasteiger partial charge in [-0.2, -0.15) is 0 Å². The van der Waals surface area contributed by atoms with Crippen molar-refractivity contribution >= 4 is 61.4 Å². The maximum atomic E-state index is 13.0. The van der Waals surface area contributed by atoms with Crippen molar-refractivity contribution in [3.05, 3.63) is 68.9 Å². The van der Waals surface area contributed by atoms with Crippen molar-refractivity contribution in [3.8, 4) is 0 Å². The molecule has 2 aromatic heterocycles. The van der Waals surface area contributed by atoms with Gasteiger partial charge in [-0.25, -0.2) is 4.98 Å². The molecule has 5 heteroatoms. The van der Waals surface area contributed by atoms with Crippen molar-refractivity contribution in [2.45, 2.75) is 0 Å². The van der Waals surface area contributed by atoms with Gasteiger partial charge >= 0.3 is 0 Å². The van der Waals surface area contributed by atoms with E-state index in [-0.39, 0.29) is 5.56 Å². The van der Waals surface area contributed by atoms with E-state index in [2.05, 4.69) is 4.98 Å². The summed E-state index contributed by atoms with van der Waals surface area (Å²) >= 11 is 12.4. The Morgan fingerprint density at radius 3 is 2.61 bits per heavy atom. The molecule has 0 amide bonds. The van der Waals surface area contributed by atoms with Crippen molar-refractivity contribution in [1.29, 1.82) is 0 Å². The minimum Gasteiger partial charge on any atom is -0.268 e. The average Bonchev–Trinajstić information content (AvgIpc) is 2.92. The summed E-state index contributed by atoms with van der Waals surface area (Å²) in [5, 5.41) is 4.50. The summed E-state index contributed by atoms with van der Waals surface area (Å²) in [6.45, 7) is 0. The van der Waals surface area contributed by atoms with E-state index < -0.39 is 0 Å². The van der Waals surface area contributed by atoms with E-state index in [9.17, 15) is 4.79 Å². The maximum Gasteiger partial charge on any atom is 0.264 e. The lowest BCUT2D eigenvalue weighted by Crippen LogP contribution is -2.13. The molecule has 5 aromatic rings. The lowest BCUT2D eigenvalue weighted by molar-refractivity contribution is 1.19. The summed E-state index contributed by atoms with van der Waals surface area (Å²) in [7, 11) is 0. The zero-order valence-electron chi connectivity index (χ0n) is 11.7. The third kappa shape index (κ3) is 1.61. The molecule has 0 aliphatic rings. The van der Waals surface area contributed by atoms with Crippen LogP contribution in [0, 0.1) is 0 Å². The summed E-state index contributed by atoms with van der Waals surface area (Å²) in [6, 6.07) is 14.7. The number of pyridine rings is 1. The van der Waals surface area contributed by atoms with Gasteiger partial charge in [0, 0.05) is 31.6 Å². The summed E-state index contributed by atoms with van der Waals surface area (Å²) in [5.41, 5.74) is 2.00. The second-order valence-corrected chi connectivity index (χ2v) is 6.38. The smallest absolute Gasteiger partial charge is 0.264 e. The van der Waals surface area contributed by atoms with Gasteiger partial charge in [-0.1, -0.05) is 35.3 Å². The Morgan fingerprint density at radius 1 is 0.913 bits per heavy atom. The van der Waals surface area contributed by atoms with Gasteiger partial charge in [-0.15, -0.1) is 0 Å². The molecule has 23 heavy (non-hydrogen) atoms. The van der Waals surface area contributed by atoms with E-state index in [1.165, 1.54) is 0 Å². The van der Waals surface area contributed by atoms with E-state index >= 15 is 0 Å². The molecule has 3 nitrogen and oxygen atoms in total. The first kappa shape index (κ1) is 13.1. The quantitative estimate of drug-likeness (QED) is 0.402. The lowest BCUT2D eigenvalue weighted by atomic mass is 10.0. The Hall–Kier alpha value is -2.36. The van der Waals surface area contributed by atoms with Crippen LogP contribution in [0.1, 0.15) is 0 Å². The first-order valence-corrected chi connectivity index (χ1v) is 7.85. The Balaban J connectivity index is 2.21. The van der Waals surface area contributed by atoms with E-state index in [0.717, 1.165) is 21.7 Å². The highest BCUT2D eigenvalue weighted by molar-refractivity contribution is 6.37. The molecule has 0 saturated carbocycles. The number of imidazole rings is 1. The van der Waals surface area contributed by atoms with Crippen LogP contribution in [-0.2, 0) is 0 Å². The molecule has 0 N–H and O–H groups in total. The molecule has 0 radical (unpaired) electrons. The second kappa shape index (κ2) is 4.34. The minimum atomic E-state index is -0.0924. The molecule has 5 rings (SSSR count). The first-order valence-electron chi connectivity index (χ1n) is 7.09. The highest BCUT2D eigenvalue weighted by Gasteiger charge is 2.16. The Morgan fingerprint density at radius 2 is 1.74 bits per heavy atom. The normalized spacial score (nSPS) is 12.1. The van der Waals surface area contributed by atoms with Crippen molar-refractivity contribution in [3.63, 3.8) is 0 Å². The molecule has 0 aliphatic heterocycles. The molecule has 110 valence electrons. The number of nitrogens with zero attached hydrogens (tertiary/aromatic N) is 2. The fraction of sp³-hybridized carbons (Fsp3) is 0. The molecule has 0 atom stereocenters. The number of hydrogen-bond acceptors (Lipinski definition) is 2. The van der Waals surface area contributed by atoms with E-state index in [1.807, 2.05) is 36.4 Å². The van der Waals surface area contributed by atoms with Gasteiger partial charge in [0.2, 0.25) is 0 Å². The van der Waals surface area contributed by atoms with Crippen LogP contribution in [-0.4, -0.2) is 9.38 Å². The average molecular weight is 339 g/mol. The Bertz CT molecular complexity index is 1310. The summed E-state index contributed by atoms with van der Waals surface area (Å²) < 4.78 is 1.65. The van der Waals surface area contributed by atoms with Gasteiger partial charge < -0.3 is 0 Å². The minimum absolute atomic E-state index is 0.0924. The Kier molecular flexibility index (Phi) is 2.48. The van der Waals surface area contributed by atoms with Gasteiger partial charge in [-0.3, -0.25) is 9.20 Å². The number of rotatable bonds is 0. The van der Waals surface area contributed by atoms with Crippen molar-refractivity contribution in [1.82, 2.24) is 9.38 Å². The maximum absolute atomic E-state index is 13.0. The van der Waals surface area contributed by atoms with Gasteiger partial charge in [0.15, 0.2) is 0 Å². The third-order valence-corrected chi connectivity index (χ3v) is 4.84. The van der Waals surface area contributed by atoms with Crippen LogP contribution < -0.4 is 5.56 Å². The van der Waals surface area contributed by atoms with Crippen LogP contribution >= 0.6 is 23.2 Å². The van der Waals surface area contributed by atoms with E-state index in [1.54, 1.807) is 16.5 Å². The number of halogens is 2. The summed E-state index contributed by atoms with van der Waals surface area (Å²) in [6.07, 6.45) is 0. The van der Waals surface area contributed by atoms with Crippen molar-refractivity contribution < 1.29 is 0 Å². The first-order chi connectivity index (χ1) is 11.1. The summed E-state index contributed by atoms with van der Waals surface area (Å²) in [4.78, 5) is 17.6. The zero-order valence-corrected chi connectivity index (χ0v) is 13.2. The molecular formula is C18H8Cl2N2O. The van der Waals surface area contributed by atoms with Crippen LogP contribution in [0.2, 0.25) is 10.0 Å². The predicted octanol–water partition coefficient (Wildman–Crippen LogP) is 4.90. The highest BCUT2D eigenvalue weighted by Crippen LogP contribution is 2.33. The van der Waals surface area contributed by atoms with Gasteiger partial charge in [-0.05, 0) is 36.4 Å². The SMILES string of the molecule is O=c1c2cccc3c(Cl)ccc(c32)c2nc3cc(Cl)ccc3n12. The largest absolute Gasteiger partial charge is 0.268 e. The van der Waals surface area contributed by atoms with Crippen LogP contribution in [0.15, 0.2) is 53.3 Å². The van der Waals surface area contributed by atoms with Gasteiger partial charge in [0.05, 0.1) is 11.0 Å². The molecule has 0 aliphatic carbocycles. The van der Waals surface area contributed by atoms with Crippen molar-refractivity contribution in [2.24, 2.45) is 0 Å². The number of aromatic nitrogens is 2. The second-order valence-electron chi connectivity index (χ2n) is 5.53. The number of benzene rings is 3. The molecule has 0 bridgehead atoms. The molecular weight excluding hydrogens is 331 g/mol. The Labute approximate surface area is 140 Å². The number of fused-ring (bicyclic) bond motifs is 4. The topological polar surface area (TPSA) is 34.4 Å². The van der Waals surface area contributed by atoms with Gasteiger partial charge in [0.1, 0.15) is 5.65 Å². The van der Waals surface area contributed by atoms with Crippen LogP contribution in [0.4, 0.5) is 0 Å². The molecule has 2 heterocycles. The zero-order chi connectivity index (χ0) is 15.7. The lowest BCUT2D eigenvalue weighted by Gasteiger charge is -2.08. The van der Waals surface area contributed by atoms with Crippen LogP contribution in [0.3, 0.4) is 0 Å².